The van der Waals surface area contributed by atoms with Gasteiger partial charge in [0.05, 0.1) is 0 Å². The highest BCUT2D eigenvalue weighted by atomic mass is 32.2. The van der Waals surface area contributed by atoms with Gasteiger partial charge in [-0.2, -0.15) is 11.8 Å². The first-order chi connectivity index (χ1) is 7.44. The number of nitrogens with one attached hydrogen (secondary N) is 1. The van der Waals surface area contributed by atoms with Crippen molar-refractivity contribution in [2.45, 2.75) is 45.2 Å². The summed E-state index contributed by atoms with van der Waals surface area (Å²) in [4.78, 5) is 2.55. The molecule has 2 atom stereocenters. The lowest BCUT2D eigenvalue weighted by molar-refractivity contribution is 0.0845. The van der Waals surface area contributed by atoms with Crippen LogP contribution in [0.4, 0.5) is 0 Å². The van der Waals surface area contributed by atoms with Gasteiger partial charge in [0, 0.05) is 23.9 Å². The van der Waals surface area contributed by atoms with E-state index in [-0.39, 0.29) is 5.54 Å². The molecule has 0 heterocycles. The van der Waals surface area contributed by atoms with E-state index in [2.05, 4.69) is 44.3 Å². The van der Waals surface area contributed by atoms with Gasteiger partial charge in [0.1, 0.15) is 0 Å². The zero-order valence-corrected chi connectivity index (χ0v) is 12.4. The lowest BCUT2D eigenvalue weighted by Crippen LogP contribution is -2.52. The van der Waals surface area contributed by atoms with E-state index in [0.29, 0.717) is 0 Å². The van der Waals surface area contributed by atoms with Crippen molar-refractivity contribution in [1.82, 2.24) is 10.2 Å². The third kappa shape index (κ3) is 4.64. The van der Waals surface area contributed by atoms with Gasteiger partial charge in [0.25, 0.3) is 0 Å². The van der Waals surface area contributed by atoms with Crippen molar-refractivity contribution in [2.75, 3.05) is 32.1 Å². The molecule has 0 bridgehead atoms. The number of hydrogen-bond donors (Lipinski definition) is 1. The standard InChI is InChI=1S/C13H28N2S/c1-13(2,3)14-10-11-6-7-12(11)15(4)8-9-16-5/h11-12,14H,6-10H2,1-5H3. The largest absolute Gasteiger partial charge is 0.312 e. The molecule has 16 heavy (non-hydrogen) atoms. The lowest BCUT2D eigenvalue weighted by atomic mass is 9.78. The maximum Gasteiger partial charge on any atom is 0.0133 e. The van der Waals surface area contributed by atoms with Crippen LogP contribution in [0, 0.1) is 5.92 Å². The number of nitrogens with zero attached hydrogens (tertiary/aromatic N) is 1. The van der Waals surface area contributed by atoms with E-state index in [9.17, 15) is 0 Å². The summed E-state index contributed by atoms with van der Waals surface area (Å²) in [7, 11) is 2.28. The van der Waals surface area contributed by atoms with Gasteiger partial charge in [0.2, 0.25) is 0 Å². The van der Waals surface area contributed by atoms with Crippen molar-refractivity contribution in [2.24, 2.45) is 5.92 Å². The minimum absolute atomic E-state index is 0.262. The molecule has 0 aromatic carbocycles. The Hall–Kier alpha value is 0.270. The summed E-state index contributed by atoms with van der Waals surface area (Å²) in [5.74, 6) is 2.12. The first-order valence-corrected chi connectivity index (χ1v) is 7.77. The van der Waals surface area contributed by atoms with E-state index < -0.39 is 0 Å². The average molecular weight is 244 g/mol. The second-order valence-corrected chi connectivity index (χ2v) is 6.99. The van der Waals surface area contributed by atoms with Crippen LogP contribution in [0.1, 0.15) is 33.6 Å². The van der Waals surface area contributed by atoms with Crippen LogP contribution in [0.3, 0.4) is 0 Å². The van der Waals surface area contributed by atoms with Gasteiger partial charge in [-0.05, 0) is 59.4 Å². The van der Waals surface area contributed by atoms with Crippen molar-refractivity contribution >= 4 is 11.8 Å². The van der Waals surface area contributed by atoms with Crippen LogP contribution in [0.15, 0.2) is 0 Å². The van der Waals surface area contributed by atoms with Crippen LogP contribution in [-0.4, -0.2) is 48.6 Å². The predicted molar refractivity (Wildman–Crippen MR) is 75.3 cm³/mol. The second kappa shape index (κ2) is 6.27. The quantitative estimate of drug-likeness (QED) is 0.772. The summed E-state index contributed by atoms with van der Waals surface area (Å²) in [5.41, 5.74) is 0.262. The zero-order chi connectivity index (χ0) is 12.2. The molecule has 1 saturated carbocycles. The van der Waals surface area contributed by atoms with E-state index >= 15 is 0 Å². The van der Waals surface area contributed by atoms with Crippen LogP contribution >= 0.6 is 11.8 Å². The van der Waals surface area contributed by atoms with Crippen LogP contribution in [-0.2, 0) is 0 Å². The Balaban J connectivity index is 2.24. The Morgan fingerprint density at radius 2 is 2.00 bits per heavy atom. The molecular formula is C13H28N2S. The van der Waals surface area contributed by atoms with Crippen molar-refractivity contribution in [3.05, 3.63) is 0 Å². The summed E-state index contributed by atoms with van der Waals surface area (Å²) in [6, 6.07) is 0.821. The minimum atomic E-state index is 0.262. The molecule has 2 unspecified atom stereocenters. The molecule has 0 saturated heterocycles. The van der Waals surface area contributed by atoms with Gasteiger partial charge in [0.15, 0.2) is 0 Å². The second-order valence-electron chi connectivity index (χ2n) is 6.01. The molecule has 0 radical (unpaired) electrons. The highest BCUT2D eigenvalue weighted by Crippen LogP contribution is 2.31. The Labute approximate surface area is 106 Å². The molecule has 0 aromatic heterocycles. The van der Waals surface area contributed by atoms with Gasteiger partial charge in [-0.25, -0.2) is 0 Å². The minimum Gasteiger partial charge on any atom is -0.312 e. The van der Waals surface area contributed by atoms with E-state index in [0.717, 1.165) is 12.0 Å². The maximum absolute atomic E-state index is 3.63. The van der Waals surface area contributed by atoms with Gasteiger partial charge in [-0.15, -0.1) is 0 Å². The molecule has 96 valence electrons. The fraction of sp³-hybridized carbons (Fsp3) is 1.00. The molecule has 3 heteroatoms. The van der Waals surface area contributed by atoms with E-state index in [1.54, 1.807) is 0 Å². The Kier molecular flexibility index (Phi) is 5.62. The Morgan fingerprint density at radius 1 is 1.31 bits per heavy atom. The normalized spacial score (nSPS) is 25.9. The van der Waals surface area contributed by atoms with E-state index in [1.165, 1.54) is 31.7 Å². The molecule has 0 aliphatic heterocycles. The highest BCUT2D eigenvalue weighted by molar-refractivity contribution is 7.98. The fourth-order valence-electron chi connectivity index (χ4n) is 2.21. The number of thioether (sulfide) groups is 1. The SMILES string of the molecule is CSCCN(C)C1CCC1CNC(C)(C)C. The van der Waals surface area contributed by atoms with Gasteiger partial charge in [-0.1, -0.05) is 0 Å². The topological polar surface area (TPSA) is 15.3 Å². The summed E-state index contributed by atoms with van der Waals surface area (Å²) in [6.45, 7) is 9.16. The lowest BCUT2D eigenvalue weighted by Gasteiger charge is -2.44. The van der Waals surface area contributed by atoms with Crippen molar-refractivity contribution in [3.8, 4) is 0 Å². The first-order valence-electron chi connectivity index (χ1n) is 6.38. The molecule has 0 amide bonds. The highest BCUT2D eigenvalue weighted by Gasteiger charge is 2.33. The number of hydrogen-bond acceptors (Lipinski definition) is 3. The molecule has 1 rings (SSSR count). The summed E-state index contributed by atoms with van der Waals surface area (Å²) < 4.78 is 0. The smallest absolute Gasteiger partial charge is 0.0133 e. The van der Waals surface area contributed by atoms with Crippen molar-refractivity contribution in [3.63, 3.8) is 0 Å². The summed E-state index contributed by atoms with van der Waals surface area (Å²) in [5, 5.41) is 3.63. The molecule has 1 aliphatic rings. The molecular weight excluding hydrogens is 216 g/mol. The third-order valence-corrected chi connectivity index (χ3v) is 4.08. The molecule has 1 fully saturated rings. The van der Waals surface area contributed by atoms with Crippen LogP contribution in [0.25, 0.3) is 0 Å². The summed E-state index contributed by atoms with van der Waals surface area (Å²) in [6.07, 6.45) is 4.98. The van der Waals surface area contributed by atoms with Crippen LogP contribution in [0.5, 0.6) is 0 Å². The molecule has 0 aromatic rings. The number of rotatable bonds is 6. The summed E-state index contributed by atoms with van der Waals surface area (Å²) >= 11 is 1.94. The van der Waals surface area contributed by atoms with Crippen molar-refractivity contribution in [1.29, 1.82) is 0 Å². The third-order valence-electron chi connectivity index (χ3n) is 3.49. The maximum atomic E-state index is 3.63. The van der Waals surface area contributed by atoms with Gasteiger partial charge >= 0.3 is 0 Å². The fourth-order valence-corrected chi connectivity index (χ4v) is 2.68. The molecule has 2 nitrogen and oxygen atoms in total. The van der Waals surface area contributed by atoms with Gasteiger partial charge in [-0.3, -0.25) is 0 Å². The first kappa shape index (κ1) is 14.3. The van der Waals surface area contributed by atoms with Crippen molar-refractivity contribution < 1.29 is 0 Å². The molecule has 1 aliphatic carbocycles. The zero-order valence-electron chi connectivity index (χ0n) is 11.5. The Bertz CT molecular complexity index is 201. The van der Waals surface area contributed by atoms with Crippen LogP contribution < -0.4 is 5.32 Å². The molecule has 0 spiro atoms. The van der Waals surface area contributed by atoms with E-state index in [1.807, 2.05) is 11.8 Å². The van der Waals surface area contributed by atoms with Gasteiger partial charge < -0.3 is 10.2 Å². The Morgan fingerprint density at radius 3 is 2.44 bits per heavy atom. The van der Waals surface area contributed by atoms with Crippen LogP contribution in [0.2, 0.25) is 0 Å². The predicted octanol–water partition coefficient (Wildman–Crippen LogP) is 2.45. The monoisotopic (exact) mass is 244 g/mol. The molecule has 1 N–H and O–H groups in total. The van der Waals surface area contributed by atoms with E-state index in [4.69, 9.17) is 0 Å². The average Bonchev–Trinajstić information content (AvgIpc) is 2.11.